The van der Waals surface area contributed by atoms with E-state index in [0.29, 0.717) is 23.8 Å². The summed E-state index contributed by atoms with van der Waals surface area (Å²) in [5.41, 5.74) is 1.37. The molecule has 1 amide bonds. The van der Waals surface area contributed by atoms with E-state index in [9.17, 15) is 9.59 Å². The summed E-state index contributed by atoms with van der Waals surface area (Å²) < 4.78 is 21.0. The minimum Gasteiger partial charge on any atom is -0.487 e. The SMILES string of the molecule is COC(CC(=O)Nc1cc(OC(C)=O)ccc1OCc1ccccc1)OC. The number of carbonyl (C=O) groups excluding carboxylic acids is 2. The number of hydrogen-bond donors (Lipinski definition) is 1. The highest BCUT2D eigenvalue weighted by Crippen LogP contribution is 2.30. The monoisotopic (exact) mass is 373 g/mol. The number of hydrogen-bond acceptors (Lipinski definition) is 6. The van der Waals surface area contributed by atoms with Gasteiger partial charge in [-0.25, -0.2) is 0 Å². The fourth-order valence-corrected chi connectivity index (χ4v) is 2.31. The molecule has 0 spiro atoms. The first kappa shape index (κ1) is 20.4. The van der Waals surface area contributed by atoms with Crippen LogP contribution in [0.2, 0.25) is 0 Å². The van der Waals surface area contributed by atoms with Crippen molar-refractivity contribution in [2.45, 2.75) is 26.2 Å². The molecule has 27 heavy (non-hydrogen) atoms. The van der Waals surface area contributed by atoms with Gasteiger partial charge in [-0.2, -0.15) is 0 Å². The van der Waals surface area contributed by atoms with Gasteiger partial charge >= 0.3 is 5.97 Å². The zero-order chi connectivity index (χ0) is 19.6. The highest BCUT2D eigenvalue weighted by Gasteiger charge is 2.15. The lowest BCUT2D eigenvalue weighted by atomic mass is 10.2. The van der Waals surface area contributed by atoms with Crippen molar-refractivity contribution in [3.05, 3.63) is 54.1 Å². The molecule has 0 fully saturated rings. The average Bonchev–Trinajstić information content (AvgIpc) is 2.66. The number of amides is 1. The lowest BCUT2D eigenvalue weighted by molar-refractivity contribution is -0.135. The minimum atomic E-state index is -0.657. The third kappa shape index (κ3) is 6.73. The van der Waals surface area contributed by atoms with E-state index in [1.807, 2.05) is 30.3 Å². The van der Waals surface area contributed by atoms with Gasteiger partial charge in [-0.1, -0.05) is 30.3 Å². The smallest absolute Gasteiger partial charge is 0.308 e. The van der Waals surface area contributed by atoms with Gasteiger partial charge in [0.1, 0.15) is 18.1 Å². The number of esters is 1. The first-order valence-corrected chi connectivity index (χ1v) is 8.36. The fraction of sp³-hybridized carbons (Fsp3) is 0.300. The van der Waals surface area contributed by atoms with E-state index in [1.54, 1.807) is 12.1 Å². The van der Waals surface area contributed by atoms with Crippen LogP contribution in [0.25, 0.3) is 0 Å². The molecule has 0 bridgehead atoms. The molecular formula is C20H23NO6. The summed E-state index contributed by atoms with van der Waals surface area (Å²) >= 11 is 0. The molecule has 7 nitrogen and oxygen atoms in total. The molecule has 0 aliphatic heterocycles. The van der Waals surface area contributed by atoms with Crippen LogP contribution >= 0.6 is 0 Å². The summed E-state index contributed by atoms with van der Waals surface area (Å²) in [7, 11) is 2.91. The summed E-state index contributed by atoms with van der Waals surface area (Å²) in [6.07, 6.45) is -0.654. The molecule has 2 aromatic rings. The zero-order valence-corrected chi connectivity index (χ0v) is 15.6. The van der Waals surface area contributed by atoms with Crippen molar-refractivity contribution in [2.75, 3.05) is 19.5 Å². The maximum Gasteiger partial charge on any atom is 0.308 e. The van der Waals surface area contributed by atoms with Crippen LogP contribution in [0, 0.1) is 0 Å². The standard InChI is InChI=1S/C20H23NO6/c1-14(22)27-16-9-10-18(26-13-15-7-5-4-6-8-15)17(11-16)21-19(23)12-20(24-2)25-3/h4-11,20H,12-13H2,1-3H3,(H,21,23). The number of carbonyl (C=O) groups is 2. The Morgan fingerprint density at radius 3 is 2.37 bits per heavy atom. The van der Waals surface area contributed by atoms with Gasteiger partial charge in [-0.15, -0.1) is 0 Å². The summed E-state index contributed by atoms with van der Waals surface area (Å²) in [5.74, 6) is -0.0216. The summed E-state index contributed by atoms with van der Waals surface area (Å²) in [5, 5.41) is 2.74. The molecule has 2 rings (SSSR count). The van der Waals surface area contributed by atoms with E-state index in [0.717, 1.165) is 5.56 Å². The van der Waals surface area contributed by atoms with Gasteiger partial charge in [-0.3, -0.25) is 9.59 Å². The number of benzene rings is 2. The predicted molar refractivity (Wildman–Crippen MR) is 99.6 cm³/mol. The zero-order valence-electron chi connectivity index (χ0n) is 15.6. The number of rotatable bonds is 9. The molecule has 1 N–H and O–H groups in total. The van der Waals surface area contributed by atoms with Gasteiger partial charge < -0.3 is 24.3 Å². The van der Waals surface area contributed by atoms with Crippen LogP contribution in [0.1, 0.15) is 18.9 Å². The molecular weight excluding hydrogens is 350 g/mol. The second kappa shape index (κ2) is 10.3. The van der Waals surface area contributed by atoms with Crippen molar-refractivity contribution in [1.29, 1.82) is 0 Å². The van der Waals surface area contributed by atoms with Gasteiger partial charge in [0.05, 0.1) is 12.1 Å². The van der Waals surface area contributed by atoms with Crippen molar-refractivity contribution in [2.24, 2.45) is 0 Å². The predicted octanol–water partition coefficient (Wildman–Crippen LogP) is 3.14. The Bertz CT molecular complexity index is 758. The van der Waals surface area contributed by atoms with Crippen LogP contribution in [0.15, 0.2) is 48.5 Å². The largest absolute Gasteiger partial charge is 0.487 e. The van der Waals surface area contributed by atoms with Gasteiger partial charge in [0.25, 0.3) is 0 Å². The third-order valence-corrected chi connectivity index (χ3v) is 3.60. The third-order valence-electron chi connectivity index (χ3n) is 3.60. The molecule has 7 heteroatoms. The molecule has 0 unspecified atom stereocenters. The van der Waals surface area contributed by atoms with Crippen LogP contribution in [0.3, 0.4) is 0 Å². The van der Waals surface area contributed by atoms with E-state index in [2.05, 4.69) is 5.32 Å². The van der Waals surface area contributed by atoms with Crippen LogP contribution in [0.5, 0.6) is 11.5 Å². The molecule has 0 radical (unpaired) electrons. The number of nitrogens with one attached hydrogen (secondary N) is 1. The van der Waals surface area contributed by atoms with Gasteiger partial charge in [0, 0.05) is 27.2 Å². The van der Waals surface area contributed by atoms with Crippen molar-refractivity contribution in [3.8, 4) is 11.5 Å². The molecule has 2 aromatic carbocycles. The van der Waals surface area contributed by atoms with Crippen LogP contribution in [0.4, 0.5) is 5.69 Å². The minimum absolute atomic E-state index is 0.00290. The van der Waals surface area contributed by atoms with E-state index in [1.165, 1.54) is 27.2 Å². The summed E-state index contributed by atoms with van der Waals surface area (Å²) in [4.78, 5) is 23.5. The highest BCUT2D eigenvalue weighted by molar-refractivity contribution is 5.92. The average molecular weight is 373 g/mol. The molecule has 0 heterocycles. The van der Waals surface area contributed by atoms with Gasteiger partial charge in [-0.05, 0) is 17.7 Å². The Hall–Kier alpha value is -2.90. The van der Waals surface area contributed by atoms with Crippen molar-refractivity contribution in [3.63, 3.8) is 0 Å². The number of anilines is 1. The Balaban J connectivity index is 2.16. The van der Waals surface area contributed by atoms with Gasteiger partial charge in [0.15, 0.2) is 6.29 Å². The lowest BCUT2D eigenvalue weighted by Gasteiger charge is -2.16. The van der Waals surface area contributed by atoms with Gasteiger partial charge in [0.2, 0.25) is 5.91 Å². The molecule has 0 aliphatic rings. The van der Waals surface area contributed by atoms with Crippen LogP contribution in [-0.4, -0.2) is 32.4 Å². The first-order valence-electron chi connectivity index (χ1n) is 8.36. The topological polar surface area (TPSA) is 83.1 Å². The summed E-state index contributed by atoms with van der Waals surface area (Å²) in [6, 6.07) is 14.4. The van der Waals surface area contributed by atoms with E-state index < -0.39 is 12.3 Å². The fourth-order valence-electron chi connectivity index (χ4n) is 2.31. The van der Waals surface area contributed by atoms with Crippen molar-refractivity contribution >= 4 is 17.6 Å². The summed E-state index contributed by atoms with van der Waals surface area (Å²) in [6.45, 7) is 1.63. The second-order valence-electron chi connectivity index (χ2n) is 5.68. The second-order valence-corrected chi connectivity index (χ2v) is 5.68. The van der Waals surface area contributed by atoms with E-state index in [-0.39, 0.29) is 12.3 Å². The van der Waals surface area contributed by atoms with Crippen LogP contribution < -0.4 is 14.8 Å². The van der Waals surface area contributed by atoms with Crippen molar-refractivity contribution < 1.29 is 28.5 Å². The Kier molecular flexibility index (Phi) is 7.79. The number of ether oxygens (including phenoxy) is 4. The Morgan fingerprint density at radius 1 is 1.04 bits per heavy atom. The Morgan fingerprint density at radius 2 is 1.74 bits per heavy atom. The molecule has 0 saturated heterocycles. The molecule has 144 valence electrons. The number of methoxy groups -OCH3 is 2. The maximum absolute atomic E-state index is 12.3. The van der Waals surface area contributed by atoms with E-state index >= 15 is 0 Å². The first-order chi connectivity index (χ1) is 13.0. The lowest BCUT2D eigenvalue weighted by Crippen LogP contribution is -2.23. The molecule has 0 aromatic heterocycles. The molecule has 0 saturated carbocycles. The highest BCUT2D eigenvalue weighted by atomic mass is 16.7. The van der Waals surface area contributed by atoms with E-state index in [4.69, 9.17) is 18.9 Å². The molecule has 0 atom stereocenters. The molecule has 0 aliphatic carbocycles. The normalized spacial score (nSPS) is 10.5. The quantitative estimate of drug-likeness (QED) is 0.413. The Labute approximate surface area is 158 Å². The van der Waals surface area contributed by atoms with Crippen molar-refractivity contribution in [1.82, 2.24) is 0 Å². The maximum atomic E-state index is 12.3. The van der Waals surface area contributed by atoms with Crippen LogP contribution in [-0.2, 0) is 25.7 Å².